The SMILES string of the molecule is CC(C)N1CCC2(CCN(C(=O)[C@H](C)[C@@H](C)C3CC3)C2)C1. The molecular weight excluding hydrogens is 260 g/mol. The summed E-state index contributed by atoms with van der Waals surface area (Å²) in [5.74, 6) is 2.04. The van der Waals surface area contributed by atoms with Crippen LogP contribution in [0.3, 0.4) is 0 Å². The lowest BCUT2D eigenvalue weighted by Gasteiger charge is -2.28. The van der Waals surface area contributed by atoms with E-state index in [9.17, 15) is 4.79 Å². The summed E-state index contributed by atoms with van der Waals surface area (Å²) in [5.41, 5.74) is 0.405. The molecule has 0 N–H and O–H groups in total. The van der Waals surface area contributed by atoms with E-state index in [1.54, 1.807) is 0 Å². The van der Waals surface area contributed by atoms with E-state index < -0.39 is 0 Å². The molecule has 0 radical (unpaired) electrons. The van der Waals surface area contributed by atoms with Gasteiger partial charge in [-0.25, -0.2) is 0 Å². The van der Waals surface area contributed by atoms with Crippen LogP contribution in [0.4, 0.5) is 0 Å². The topological polar surface area (TPSA) is 23.6 Å². The Morgan fingerprint density at radius 1 is 1.05 bits per heavy atom. The molecule has 120 valence electrons. The molecule has 0 aromatic heterocycles. The van der Waals surface area contributed by atoms with Crippen LogP contribution in [0.1, 0.15) is 53.4 Å². The van der Waals surface area contributed by atoms with Crippen molar-refractivity contribution in [2.45, 2.75) is 59.4 Å². The summed E-state index contributed by atoms with van der Waals surface area (Å²) >= 11 is 0. The van der Waals surface area contributed by atoms with Gasteiger partial charge < -0.3 is 9.80 Å². The Bertz CT molecular complexity index is 404. The van der Waals surface area contributed by atoms with Crippen molar-refractivity contribution in [2.24, 2.45) is 23.2 Å². The minimum Gasteiger partial charge on any atom is -0.342 e. The third-order valence-electron chi connectivity index (χ3n) is 6.49. The van der Waals surface area contributed by atoms with E-state index in [1.165, 1.54) is 38.8 Å². The van der Waals surface area contributed by atoms with Crippen LogP contribution in [0.5, 0.6) is 0 Å². The maximum Gasteiger partial charge on any atom is 0.225 e. The second-order valence-electron chi connectivity index (χ2n) is 8.31. The third-order valence-corrected chi connectivity index (χ3v) is 6.49. The van der Waals surface area contributed by atoms with E-state index in [4.69, 9.17) is 0 Å². The van der Waals surface area contributed by atoms with Gasteiger partial charge in [0.15, 0.2) is 0 Å². The number of rotatable bonds is 4. The highest BCUT2D eigenvalue weighted by atomic mass is 16.2. The summed E-state index contributed by atoms with van der Waals surface area (Å²) in [4.78, 5) is 17.6. The molecule has 1 spiro atoms. The minimum absolute atomic E-state index is 0.218. The van der Waals surface area contributed by atoms with Crippen molar-refractivity contribution in [1.29, 1.82) is 0 Å². The van der Waals surface area contributed by atoms with Gasteiger partial charge in [-0.05, 0) is 57.9 Å². The van der Waals surface area contributed by atoms with Gasteiger partial charge in [0.05, 0.1) is 0 Å². The van der Waals surface area contributed by atoms with E-state index in [1.807, 2.05) is 0 Å². The number of hydrogen-bond acceptors (Lipinski definition) is 2. The number of amides is 1. The van der Waals surface area contributed by atoms with Crippen molar-refractivity contribution in [2.75, 3.05) is 26.2 Å². The van der Waals surface area contributed by atoms with Crippen molar-refractivity contribution >= 4 is 5.91 Å². The molecule has 1 aliphatic carbocycles. The van der Waals surface area contributed by atoms with Gasteiger partial charge in [-0.1, -0.05) is 13.8 Å². The maximum atomic E-state index is 12.8. The molecule has 0 aromatic rings. The Morgan fingerprint density at radius 2 is 1.71 bits per heavy atom. The molecule has 3 rings (SSSR count). The lowest BCUT2D eigenvalue weighted by Crippen LogP contribution is -2.39. The Hall–Kier alpha value is -0.570. The normalized spacial score (nSPS) is 33.1. The highest BCUT2D eigenvalue weighted by Gasteiger charge is 2.46. The number of nitrogens with zero attached hydrogens (tertiary/aromatic N) is 2. The molecule has 0 bridgehead atoms. The van der Waals surface area contributed by atoms with Gasteiger partial charge in [-0.3, -0.25) is 4.79 Å². The molecule has 21 heavy (non-hydrogen) atoms. The molecule has 3 atom stereocenters. The summed E-state index contributed by atoms with van der Waals surface area (Å²) in [6.45, 7) is 13.4. The van der Waals surface area contributed by atoms with Crippen LogP contribution >= 0.6 is 0 Å². The van der Waals surface area contributed by atoms with Crippen molar-refractivity contribution < 1.29 is 4.79 Å². The van der Waals surface area contributed by atoms with Gasteiger partial charge in [0.25, 0.3) is 0 Å². The summed E-state index contributed by atoms with van der Waals surface area (Å²) in [6.07, 6.45) is 5.17. The highest BCUT2D eigenvalue weighted by Crippen LogP contribution is 2.43. The molecule has 2 aliphatic heterocycles. The number of likely N-dealkylation sites (tertiary alicyclic amines) is 2. The fourth-order valence-corrected chi connectivity index (χ4v) is 4.41. The summed E-state index contributed by atoms with van der Waals surface area (Å²) < 4.78 is 0. The van der Waals surface area contributed by atoms with E-state index in [-0.39, 0.29) is 5.92 Å². The average Bonchev–Trinajstić information content (AvgIpc) is 3.11. The molecule has 3 heteroatoms. The largest absolute Gasteiger partial charge is 0.342 e. The summed E-state index contributed by atoms with van der Waals surface area (Å²) in [5, 5.41) is 0. The molecule has 3 fully saturated rings. The van der Waals surface area contributed by atoms with Crippen LogP contribution in [-0.4, -0.2) is 47.9 Å². The molecule has 1 unspecified atom stereocenters. The zero-order valence-corrected chi connectivity index (χ0v) is 14.3. The van der Waals surface area contributed by atoms with Crippen molar-refractivity contribution in [1.82, 2.24) is 9.80 Å². The van der Waals surface area contributed by atoms with E-state index in [0.717, 1.165) is 19.0 Å². The van der Waals surface area contributed by atoms with Crippen LogP contribution in [0.2, 0.25) is 0 Å². The lowest BCUT2D eigenvalue weighted by molar-refractivity contribution is -0.136. The molecule has 1 saturated carbocycles. The number of carbonyl (C=O) groups excluding carboxylic acids is 1. The first-order chi connectivity index (χ1) is 9.92. The first-order valence-corrected chi connectivity index (χ1v) is 8.95. The summed E-state index contributed by atoms with van der Waals surface area (Å²) in [6, 6.07) is 0.642. The zero-order valence-electron chi connectivity index (χ0n) is 14.3. The molecular formula is C18H32N2O. The van der Waals surface area contributed by atoms with Crippen LogP contribution in [-0.2, 0) is 4.79 Å². The fourth-order valence-electron chi connectivity index (χ4n) is 4.41. The molecule has 1 amide bonds. The fraction of sp³-hybridized carbons (Fsp3) is 0.944. The number of hydrogen-bond donors (Lipinski definition) is 0. The highest BCUT2D eigenvalue weighted by molar-refractivity contribution is 5.79. The molecule has 3 aliphatic rings. The molecule has 2 saturated heterocycles. The molecule has 2 heterocycles. The standard InChI is InChI=1S/C18H32N2O/c1-13(2)19-9-7-18(11-19)8-10-20(12-18)17(21)15(4)14(3)16-5-6-16/h13-16H,5-12H2,1-4H3/t14-,15-,18?/m1/s1. The maximum absolute atomic E-state index is 12.8. The molecule has 3 nitrogen and oxygen atoms in total. The van der Waals surface area contributed by atoms with Crippen molar-refractivity contribution in [3.05, 3.63) is 0 Å². The van der Waals surface area contributed by atoms with E-state index >= 15 is 0 Å². The lowest BCUT2D eigenvalue weighted by atomic mass is 9.86. The van der Waals surface area contributed by atoms with Gasteiger partial charge in [0, 0.05) is 37.0 Å². The first-order valence-electron chi connectivity index (χ1n) is 8.95. The smallest absolute Gasteiger partial charge is 0.225 e. The second kappa shape index (κ2) is 5.57. The van der Waals surface area contributed by atoms with Crippen LogP contribution in [0, 0.1) is 23.2 Å². The van der Waals surface area contributed by atoms with Gasteiger partial charge >= 0.3 is 0 Å². The summed E-state index contributed by atoms with van der Waals surface area (Å²) in [7, 11) is 0. The minimum atomic E-state index is 0.218. The Balaban J connectivity index is 1.58. The van der Waals surface area contributed by atoms with E-state index in [0.29, 0.717) is 23.3 Å². The second-order valence-corrected chi connectivity index (χ2v) is 8.31. The van der Waals surface area contributed by atoms with E-state index in [2.05, 4.69) is 37.5 Å². The third kappa shape index (κ3) is 2.99. The Labute approximate surface area is 130 Å². The Kier molecular flexibility index (Phi) is 4.06. The zero-order chi connectivity index (χ0) is 15.2. The first kappa shape index (κ1) is 15.3. The van der Waals surface area contributed by atoms with Crippen molar-refractivity contribution in [3.8, 4) is 0 Å². The van der Waals surface area contributed by atoms with Gasteiger partial charge in [-0.2, -0.15) is 0 Å². The predicted octanol–water partition coefficient (Wildman–Crippen LogP) is 3.00. The van der Waals surface area contributed by atoms with Gasteiger partial charge in [0.2, 0.25) is 5.91 Å². The van der Waals surface area contributed by atoms with Crippen molar-refractivity contribution in [3.63, 3.8) is 0 Å². The van der Waals surface area contributed by atoms with Gasteiger partial charge in [0.1, 0.15) is 0 Å². The monoisotopic (exact) mass is 292 g/mol. The average molecular weight is 292 g/mol. The quantitative estimate of drug-likeness (QED) is 0.795. The Morgan fingerprint density at radius 3 is 2.29 bits per heavy atom. The predicted molar refractivity (Wildman–Crippen MR) is 86.0 cm³/mol. The van der Waals surface area contributed by atoms with Crippen LogP contribution in [0.25, 0.3) is 0 Å². The van der Waals surface area contributed by atoms with Crippen LogP contribution < -0.4 is 0 Å². The number of carbonyl (C=O) groups is 1. The van der Waals surface area contributed by atoms with Gasteiger partial charge in [-0.15, -0.1) is 0 Å². The molecule has 0 aromatic carbocycles. The van der Waals surface area contributed by atoms with Crippen LogP contribution in [0.15, 0.2) is 0 Å².